The number of nitrogens with one attached hydrogen (secondary N) is 1. The van der Waals surface area contributed by atoms with Gasteiger partial charge >= 0.3 is 5.97 Å². The van der Waals surface area contributed by atoms with Crippen LogP contribution in [0, 0.1) is 12.8 Å². The molecule has 0 bridgehead atoms. The number of rotatable bonds is 7. The van der Waals surface area contributed by atoms with Crippen molar-refractivity contribution < 1.29 is 14.3 Å². The monoisotopic (exact) mass is 379 g/mol. The molecule has 26 heavy (non-hydrogen) atoms. The average Bonchev–Trinajstić information content (AvgIpc) is 2.91. The first-order chi connectivity index (χ1) is 12.2. The van der Waals surface area contributed by atoms with Crippen molar-refractivity contribution in [2.75, 3.05) is 6.61 Å². The fraction of sp³-hybridized carbons (Fsp3) is 0.556. The van der Waals surface area contributed by atoms with E-state index in [1.807, 2.05) is 6.92 Å². The molecule has 0 aromatic carbocycles. The zero-order valence-corrected chi connectivity index (χ0v) is 16.6. The SMILES string of the molecule is Cc1c(C(=O)OCC(=O)NC(C)CCC(C)C)sc2ncn(C)c(=O)c12. The Bertz CT molecular complexity index is 869. The maximum absolute atomic E-state index is 12.3. The number of thiophene rings is 1. The molecular weight excluding hydrogens is 354 g/mol. The van der Waals surface area contributed by atoms with Crippen LogP contribution >= 0.6 is 11.3 Å². The number of aromatic nitrogens is 2. The van der Waals surface area contributed by atoms with E-state index in [1.165, 1.54) is 10.9 Å². The summed E-state index contributed by atoms with van der Waals surface area (Å²) < 4.78 is 6.48. The lowest BCUT2D eigenvalue weighted by atomic mass is 10.0. The lowest BCUT2D eigenvalue weighted by molar-refractivity contribution is -0.124. The van der Waals surface area contributed by atoms with Crippen LogP contribution in [0.25, 0.3) is 10.2 Å². The highest BCUT2D eigenvalue weighted by molar-refractivity contribution is 7.20. The van der Waals surface area contributed by atoms with Crippen molar-refractivity contribution >= 4 is 33.4 Å². The highest BCUT2D eigenvalue weighted by Crippen LogP contribution is 2.27. The first kappa shape index (κ1) is 20.1. The molecule has 2 heterocycles. The number of ether oxygens (including phenoxy) is 1. The normalized spacial score (nSPS) is 12.4. The van der Waals surface area contributed by atoms with Gasteiger partial charge in [0.15, 0.2) is 6.61 Å². The number of esters is 1. The third-order valence-electron chi connectivity index (χ3n) is 4.11. The zero-order valence-electron chi connectivity index (χ0n) is 15.8. The van der Waals surface area contributed by atoms with Crippen molar-refractivity contribution in [2.45, 2.75) is 46.6 Å². The molecule has 142 valence electrons. The molecule has 2 rings (SSSR count). The van der Waals surface area contributed by atoms with Gasteiger partial charge in [0.1, 0.15) is 9.71 Å². The largest absolute Gasteiger partial charge is 0.451 e. The molecule has 0 spiro atoms. The van der Waals surface area contributed by atoms with Gasteiger partial charge in [0.25, 0.3) is 11.5 Å². The summed E-state index contributed by atoms with van der Waals surface area (Å²) in [5.74, 6) is -0.371. The summed E-state index contributed by atoms with van der Waals surface area (Å²) in [5.41, 5.74) is 0.328. The summed E-state index contributed by atoms with van der Waals surface area (Å²) in [6, 6.07) is 0.0295. The maximum Gasteiger partial charge on any atom is 0.349 e. The second-order valence-electron chi connectivity index (χ2n) is 6.91. The topological polar surface area (TPSA) is 90.3 Å². The predicted octanol–water partition coefficient (Wildman–Crippen LogP) is 2.40. The summed E-state index contributed by atoms with van der Waals surface area (Å²) in [7, 11) is 1.61. The van der Waals surface area contributed by atoms with Crippen LogP contribution in [0.15, 0.2) is 11.1 Å². The minimum Gasteiger partial charge on any atom is -0.451 e. The third kappa shape index (κ3) is 4.69. The van der Waals surface area contributed by atoms with Crippen molar-refractivity contribution in [2.24, 2.45) is 13.0 Å². The predicted molar refractivity (Wildman–Crippen MR) is 102 cm³/mol. The summed E-state index contributed by atoms with van der Waals surface area (Å²) in [6.45, 7) is 7.54. The molecule has 2 aromatic rings. The van der Waals surface area contributed by atoms with Crippen LogP contribution in [-0.2, 0) is 16.6 Å². The molecule has 1 atom stereocenters. The van der Waals surface area contributed by atoms with E-state index in [9.17, 15) is 14.4 Å². The van der Waals surface area contributed by atoms with Crippen LogP contribution in [0.1, 0.15) is 48.8 Å². The molecule has 0 saturated carbocycles. The maximum atomic E-state index is 12.3. The minimum atomic E-state index is -0.613. The molecule has 0 radical (unpaired) electrons. The van der Waals surface area contributed by atoms with Gasteiger partial charge in [-0.2, -0.15) is 0 Å². The summed E-state index contributed by atoms with van der Waals surface area (Å²) in [6.07, 6.45) is 3.31. The minimum absolute atomic E-state index is 0.0295. The third-order valence-corrected chi connectivity index (χ3v) is 5.29. The number of aryl methyl sites for hydroxylation is 2. The second-order valence-corrected chi connectivity index (χ2v) is 7.91. The van der Waals surface area contributed by atoms with Crippen LogP contribution in [0.5, 0.6) is 0 Å². The van der Waals surface area contributed by atoms with E-state index in [0.29, 0.717) is 26.6 Å². The fourth-order valence-electron chi connectivity index (χ4n) is 2.57. The van der Waals surface area contributed by atoms with E-state index >= 15 is 0 Å². The first-order valence-electron chi connectivity index (χ1n) is 8.62. The highest BCUT2D eigenvalue weighted by Gasteiger charge is 2.21. The highest BCUT2D eigenvalue weighted by atomic mass is 32.1. The van der Waals surface area contributed by atoms with E-state index in [4.69, 9.17) is 4.74 Å². The van der Waals surface area contributed by atoms with Gasteiger partial charge < -0.3 is 14.6 Å². The van der Waals surface area contributed by atoms with Crippen molar-refractivity contribution in [3.05, 3.63) is 27.1 Å². The van der Waals surface area contributed by atoms with E-state index in [0.717, 1.165) is 24.2 Å². The van der Waals surface area contributed by atoms with Gasteiger partial charge in [0.2, 0.25) is 0 Å². The van der Waals surface area contributed by atoms with Crippen molar-refractivity contribution in [3.63, 3.8) is 0 Å². The van der Waals surface area contributed by atoms with Crippen molar-refractivity contribution in [3.8, 4) is 0 Å². The van der Waals surface area contributed by atoms with E-state index < -0.39 is 5.97 Å². The van der Waals surface area contributed by atoms with Gasteiger partial charge in [-0.15, -0.1) is 11.3 Å². The Morgan fingerprint density at radius 3 is 2.65 bits per heavy atom. The van der Waals surface area contributed by atoms with Crippen molar-refractivity contribution in [1.29, 1.82) is 0 Å². The van der Waals surface area contributed by atoms with E-state index in [-0.39, 0.29) is 24.1 Å². The quantitative estimate of drug-likeness (QED) is 0.746. The smallest absolute Gasteiger partial charge is 0.349 e. The molecule has 1 N–H and O–H groups in total. The molecule has 7 nitrogen and oxygen atoms in total. The van der Waals surface area contributed by atoms with Crippen LogP contribution in [0.4, 0.5) is 0 Å². The van der Waals surface area contributed by atoms with Gasteiger partial charge in [-0.05, 0) is 38.2 Å². The Hall–Kier alpha value is -2.22. The Morgan fingerprint density at radius 2 is 2.00 bits per heavy atom. The molecule has 0 aliphatic heterocycles. The number of hydrogen-bond acceptors (Lipinski definition) is 6. The Labute approximate surface area is 156 Å². The summed E-state index contributed by atoms with van der Waals surface area (Å²) in [5, 5.41) is 3.24. The number of carbonyl (C=O) groups excluding carboxylic acids is 2. The molecular formula is C18H25N3O4S. The second kappa shape index (κ2) is 8.44. The lowest BCUT2D eigenvalue weighted by Crippen LogP contribution is -2.36. The standard InChI is InChI=1S/C18H25N3O4S/c1-10(2)6-7-11(3)20-13(22)8-25-18(24)15-12(4)14-16(26-15)19-9-21(5)17(14)23/h9-11H,6-8H2,1-5H3,(H,20,22). The number of hydrogen-bond donors (Lipinski definition) is 1. The number of fused-ring (bicyclic) bond motifs is 1. The van der Waals surface area contributed by atoms with Crippen LogP contribution < -0.4 is 10.9 Å². The van der Waals surface area contributed by atoms with Crippen LogP contribution in [0.3, 0.4) is 0 Å². The summed E-state index contributed by atoms with van der Waals surface area (Å²) >= 11 is 1.10. The van der Waals surface area contributed by atoms with Crippen LogP contribution in [-0.4, -0.2) is 34.1 Å². The molecule has 1 amide bonds. The molecule has 0 aliphatic rings. The Morgan fingerprint density at radius 1 is 1.31 bits per heavy atom. The molecule has 1 unspecified atom stereocenters. The van der Waals surface area contributed by atoms with Crippen molar-refractivity contribution in [1.82, 2.24) is 14.9 Å². The Balaban J connectivity index is 1.99. The molecule has 0 saturated heterocycles. The van der Waals surface area contributed by atoms with Gasteiger partial charge in [-0.1, -0.05) is 13.8 Å². The molecule has 2 aromatic heterocycles. The molecule has 8 heteroatoms. The van der Waals surface area contributed by atoms with Gasteiger partial charge in [0.05, 0.1) is 11.7 Å². The number of carbonyl (C=O) groups is 2. The average molecular weight is 379 g/mol. The van der Waals surface area contributed by atoms with Gasteiger partial charge in [0, 0.05) is 13.1 Å². The zero-order chi connectivity index (χ0) is 19.4. The summed E-state index contributed by atoms with van der Waals surface area (Å²) in [4.78, 5) is 41.4. The molecule has 0 fully saturated rings. The fourth-order valence-corrected chi connectivity index (χ4v) is 3.61. The van der Waals surface area contributed by atoms with Gasteiger partial charge in [-0.3, -0.25) is 9.59 Å². The number of nitrogens with zero attached hydrogens (tertiary/aromatic N) is 2. The van der Waals surface area contributed by atoms with Crippen LogP contribution in [0.2, 0.25) is 0 Å². The number of amides is 1. The van der Waals surface area contributed by atoms with E-state index in [2.05, 4.69) is 24.1 Å². The van der Waals surface area contributed by atoms with E-state index in [1.54, 1.807) is 14.0 Å². The molecule has 0 aliphatic carbocycles. The lowest BCUT2D eigenvalue weighted by Gasteiger charge is -2.15. The van der Waals surface area contributed by atoms with Gasteiger partial charge in [-0.25, -0.2) is 9.78 Å². The Kier molecular flexibility index (Phi) is 6.52. The first-order valence-corrected chi connectivity index (χ1v) is 9.43.